The van der Waals surface area contributed by atoms with E-state index in [0.717, 1.165) is 4.60 Å². The summed E-state index contributed by atoms with van der Waals surface area (Å²) in [6, 6.07) is 24.1. The molecule has 0 spiro atoms. The number of halogens is 1. The van der Waals surface area contributed by atoms with Crippen LogP contribution in [0.5, 0.6) is 0 Å². The molecule has 0 amide bonds. The molecule has 0 aliphatic rings. The Kier molecular flexibility index (Phi) is 2.42. The number of fused-ring (bicyclic) bond motifs is 6. The Morgan fingerprint density at radius 1 is 0.591 bits per heavy atom. The van der Waals surface area contributed by atoms with E-state index in [-0.39, 0.29) is 0 Å². The zero-order valence-electron chi connectivity index (χ0n) is 11.7. The molecular formula is C20H12BrN. The van der Waals surface area contributed by atoms with E-state index >= 15 is 0 Å². The van der Waals surface area contributed by atoms with E-state index in [0.29, 0.717) is 0 Å². The number of H-pyrrole nitrogens is 1. The fourth-order valence-electron chi connectivity index (χ4n) is 3.40. The summed E-state index contributed by atoms with van der Waals surface area (Å²) in [6.45, 7) is 0. The van der Waals surface area contributed by atoms with E-state index in [2.05, 4.69) is 87.6 Å². The van der Waals surface area contributed by atoms with Crippen LogP contribution in [-0.2, 0) is 0 Å². The van der Waals surface area contributed by atoms with Crippen molar-refractivity contribution in [3.8, 4) is 0 Å². The maximum absolute atomic E-state index is 3.54. The zero-order chi connectivity index (χ0) is 14.7. The summed E-state index contributed by atoms with van der Waals surface area (Å²) < 4.78 is 1.02. The number of benzene rings is 4. The fourth-order valence-corrected chi connectivity index (χ4v) is 3.84. The van der Waals surface area contributed by atoms with Gasteiger partial charge in [-0.1, -0.05) is 48.5 Å². The first-order valence-electron chi connectivity index (χ1n) is 7.32. The van der Waals surface area contributed by atoms with E-state index < -0.39 is 0 Å². The summed E-state index contributed by atoms with van der Waals surface area (Å²) in [4.78, 5) is 3.42. The second kappa shape index (κ2) is 4.34. The largest absolute Gasteiger partial charge is 0.349 e. The molecular weight excluding hydrogens is 334 g/mol. The number of hydrogen-bond donors (Lipinski definition) is 1. The summed E-state index contributed by atoms with van der Waals surface area (Å²) in [5.41, 5.74) is 1.19. The molecule has 0 atom stereocenters. The first-order chi connectivity index (χ1) is 10.8. The van der Waals surface area contributed by atoms with Gasteiger partial charge < -0.3 is 4.98 Å². The number of aromatic amines is 1. The number of hydrogen-bond acceptors (Lipinski definition) is 0. The molecule has 0 saturated carbocycles. The molecule has 1 nitrogen and oxygen atoms in total. The second-order valence-electron chi connectivity index (χ2n) is 5.73. The smallest absolute Gasteiger partial charge is 0.0831 e. The van der Waals surface area contributed by atoms with Crippen LogP contribution in [-0.4, -0.2) is 4.98 Å². The number of nitrogens with one attached hydrogen (secondary N) is 1. The third-order valence-electron chi connectivity index (χ3n) is 4.44. The van der Waals surface area contributed by atoms with Crippen molar-refractivity contribution >= 4 is 59.2 Å². The monoisotopic (exact) mass is 345 g/mol. The first kappa shape index (κ1) is 12.2. The lowest BCUT2D eigenvalue weighted by atomic mass is 9.97. The Morgan fingerprint density at radius 2 is 1.32 bits per heavy atom. The van der Waals surface area contributed by atoms with Crippen LogP contribution in [0.4, 0.5) is 0 Å². The topological polar surface area (TPSA) is 15.8 Å². The summed E-state index contributed by atoms with van der Waals surface area (Å²) in [5.74, 6) is 0. The Hall–Kier alpha value is -2.32. The minimum Gasteiger partial charge on any atom is -0.349 e. The minimum absolute atomic E-state index is 1.02. The average molecular weight is 346 g/mol. The van der Waals surface area contributed by atoms with Crippen molar-refractivity contribution in [2.24, 2.45) is 0 Å². The van der Waals surface area contributed by atoms with Crippen LogP contribution in [0.25, 0.3) is 43.2 Å². The van der Waals surface area contributed by atoms with Crippen LogP contribution in [0.15, 0.2) is 71.3 Å². The van der Waals surface area contributed by atoms with Gasteiger partial charge in [0.15, 0.2) is 0 Å². The van der Waals surface area contributed by atoms with E-state index in [1.54, 1.807) is 0 Å². The van der Waals surface area contributed by atoms with Gasteiger partial charge in [-0.15, -0.1) is 0 Å². The molecule has 22 heavy (non-hydrogen) atoms. The normalized spacial score (nSPS) is 11.9. The molecule has 0 saturated heterocycles. The standard InChI is InChI=1S/C20H12BrN/c21-19-11-15-6-7-16-17(20(15)22-19)8-5-14-9-12-3-1-2-4-13(12)10-18(14)16/h1-11,22H. The molecule has 5 rings (SSSR count). The van der Waals surface area contributed by atoms with Gasteiger partial charge in [0.25, 0.3) is 0 Å². The quantitative estimate of drug-likeness (QED) is 0.247. The molecule has 1 N–H and O–H groups in total. The fraction of sp³-hybridized carbons (Fsp3) is 0. The van der Waals surface area contributed by atoms with Crippen molar-refractivity contribution in [3.63, 3.8) is 0 Å². The van der Waals surface area contributed by atoms with Crippen molar-refractivity contribution in [2.45, 2.75) is 0 Å². The zero-order valence-corrected chi connectivity index (χ0v) is 13.3. The summed E-state index contributed by atoms with van der Waals surface area (Å²) in [6.07, 6.45) is 0. The van der Waals surface area contributed by atoms with Crippen LogP contribution in [0.1, 0.15) is 0 Å². The van der Waals surface area contributed by atoms with Crippen molar-refractivity contribution in [2.75, 3.05) is 0 Å². The minimum atomic E-state index is 1.02. The third kappa shape index (κ3) is 1.65. The lowest BCUT2D eigenvalue weighted by Gasteiger charge is -2.07. The van der Waals surface area contributed by atoms with Gasteiger partial charge >= 0.3 is 0 Å². The van der Waals surface area contributed by atoms with E-state index in [9.17, 15) is 0 Å². The Balaban J connectivity index is 2.01. The van der Waals surface area contributed by atoms with Crippen molar-refractivity contribution < 1.29 is 0 Å². The van der Waals surface area contributed by atoms with Gasteiger partial charge in [-0.05, 0) is 61.1 Å². The molecule has 0 aliphatic heterocycles. The van der Waals surface area contributed by atoms with E-state index in [1.807, 2.05) is 0 Å². The molecule has 0 bridgehead atoms. The third-order valence-corrected chi connectivity index (χ3v) is 4.87. The molecule has 2 heteroatoms. The van der Waals surface area contributed by atoms with Crippen LogP contribution >= 0.6 is 15.9 Å². The van der Waals surface area contributed by atoms with Gasteiger partial charge in [-0.2, -0.15) is 0 Å². The number of rotatable bonds is 0. The van der Waals surface area contributed by atoms with Gasteiger partial charge in [0, 0.05) is 10.8 Å². The van der Waals surface area contributed by atoms with Crippen LogP contribution in [0.3, 0.4) is 0 Å². The van der Waals surface area contributed by atoms with Crippen molar-refractivity contribution in [1.29, 1.82) is 0 Å². The molecule has 104 valence electrons. The molecule has 0 fully saturated rings. The van der Waals surface area contributed by atoms with E-state index in [1.165, 1.54) is 43.2 Å². The average Bonchev–Trinajstić information content (AvgIpc) is 2.93. The Morgan fingerprint density at radius 3 is 2.18 bits per heavy atom. The predicted molar refractivity (Wildman–Crippen MR) is 98.5 cm³/mol. The highest BCUT2D eigenvalue weighted by Crippen LogP contribution is 2.34. The Bertz CT molecular complexity index is 1180. The van der Waals surface area contributed by atoms with Crippen LogP contribution in [0.2, 0.25) is 0 Å². The SMILES string of the molecule is Brc1cc2ccc3c4cc5ccccc5cc4ccc3c2[nH]1. The summed E-state index contributed by atoms with van der Waals surface area (Å²) >= 11 is 3.54. The van der Waals surface area contributed by atoms with Gasteiger partial charge in [0.1, 0.15) is 0 Å². The lowest BCUT2D eigenvalue weighted by Crippen LogP contribution is -1.81. The maximum Gasteiger partial charge on any atom is 0.0831 e. The van der Waals surface area contributed by atoms with Crippen LogP contribution in [0, 0.1) is 0 Å². The van der Waals surface area contributed by atoms with Gasteiger partial charge in [0.2, 0.25) is 0 Å². The van der Waals surface area contributed by atoms with Gasteiger partial charge in [-0.3, -0.25) is 0 Å². The Labute approximate surface area is 135 Å². The highest BCUT2D eigenvalue weighted by molar-refractivity contribution is 9.10. The molecule has 1 heterocycles. The molecule has 4 aromatic carbocycles. The summed E-state index contributed by atoms with van der Waals surface area (Å²) in [7, 11) is 0. The van der Waals surface area contributed by atoms with Gasteiger partial charge in [-0.25, -0.2) is 0 Å². The maximum atomic E-state index is 3.54. The van der Waals surface area contributed by atoms with Crippen molar-refractivity contribution in [3.05, 3.63) is 71.3 Å². The first-order valence-corrected chi connectivity index (χ1v) is 8.11. The van der Waals surface area contributed by atoms with E-state index in [4.69, 9.17) is 0 Å². The molecule has 0 aliphatic carbocycles. The molecule has 0 radical (unpaired) electrons. The second-order valence-corrected chi connectivity index (χ2v) is 6.58. The molecule has 1 aromatic heterocycles. The van der Waals surface area contributed by atoms with Crippen molar-refractivity contribution in [1.82, 2.24) is 4.98 Å². The molecule has 0 unspecified atom stereocenters. The van der Waals surface area contributed by atoms with Crippen LogP contribution < -0.4 is 0 Å². The molecule has 5 aromatic rings. The number of aromatic nitrogens is 1. The highest BCUT2D eigenvalue weighted by atomic mass is 79.9. The summed E-state index contributed by atoms with van der Waals surface area (Å²) in [5, 5.41) is 8.98. The highest BCUT2D eigenvalue weighted by Gasteiger charge is 2.07. The predicted octanol–water partition coefficient (Wildman–Crippen LogP) is 6.39. The lowest BCUT2D eigenvalue weighted by molar-refractivity contribution is 1.42. The van der Waals surface area contributed by atoms with Gasteiger partial charge in [0.05, 0.1) is 10.1 Å².